The lowest BCUT2D eigenvalue weighted by Crippen LogP contribution is -2.54. The molecule has 6 heteroatoms. The van der Waals surface area contributed by atoms with Crippen LogP contribution in [-0.2, 0) is 0 Å². The average Bonchev–Trinajstić information content (AvgIpc) is 2.54. The summed E-state index contributed by atoms with van der Waals surface area (Å²) in [6, 6.07) is 2.39. The summed E-state index contributed by atoms with van der Waals surface area (Å²) in [5, 5.41) is 19.2. The van der Waals surface area contributed by atoms with E-state index in [1.807, 2.05) is 6.08 Å². The van der Waals surface area contributed by atoms with Gasteiger partial charge in [0.15, 0.2) is 11.5 Å². The van der Waals surface area contributed by atoms with Gasteiger partial charge in [-0.3, -0.25) is 4.90 Å². The second-order valence-electron chi connectivity index (χ2n) is 5.65. The predicted octanol–water partition coefficient (Wildman–Crippen LogP) is 1.19. The number of hydrogen-bond donors (Lipinski definition) is 1. The Morgan fingerprint density at radius 2 is 2.27 bits per heavy atom. The molecule has 0 radical (unpaired) electrons. The van der Waals surface area contributed by atoms with Crippen molar-refractivity contribution >= 4 is 5.82 Å². The number of piperazine rings is 1. The largest absolute Gasteiger partial charge is 0.392 e. The first-order chi connectivity index (χ1) is 10.7. The average molecular weight is 301 g/mol. The van der Waals surface area contributed by atoms with Crippen molar-refractivity contribution in [3.63, 3.8) is 0 Å². The van der Waals surface area contributed by atoms with Gasteiger partial charge in [-0.2, -0.15) is 5.26 Å². The molecule has 118 valence electrons. The molecule has 1 saturated heterocycles. The highest BCUT2D eigenvalue weighted by molar-refractivity contribution is 5.49. The highest BCUT2D eigenvalue weighted by atomic mass is 16.3. The summed E-state index contributed by atoms with van der Waals surface area (Å²) in [5.41, 5.74) is 0.370. The van der Waals surface area contributed by atoms with Crippen LogP contribution in [0.1, 0.15) is 25.5 Å². The second-order valence-corrected chi connectivity index (χ2v) is 5.65. The van der Waals surface area contributed by atoms with Crippen LogP contribution in [0.3, 0.4) is 0 Å². The first-order valence-corrected chi connectivity index (χ1v) is 7.64. The van der Waals surface area contributed by atoms with E-state index < -0.39 is 0 Å². The van der Waals surface area contributed by atoms with Crippen LogP contribution in [0.4, 0.5) is 5.82 Å². The third-order valence-electron chi connectivity index (χ3n) is 4.00. The van der Waals surface area contributed by atoms with E-state index in [9.17, 15) is 5.11 Å². The Hall–Kier alpha value is -1.97. The number of nitriles is 1. The molecular weight excluding hydrogens is 278 g/mol. The number of rotatable bonds is 6. The van der Waals surface area contributed by atoms with E-state index in [1.165, 1.54) is 6.20 Å². The molecule has 22 heavy (non-hydrogen) atoms. The van der Waals surface area contributed by atoms with Gasteiger partial charge in [-0.25, -0.2) is 9.97 Å². The number of allylic oxidation sites excluding steroid dienone is 1. The summed E-state index contributed by atoms with van der Waals surface area (Å²) < 4.78 is 0. The molecule has 0 aromatic carbocycles. The summed E-state index contributed by atoms with van der Waals surface area (Å²) >= 11 is 0. The van der Waals surface area contributed by atoms with Gasteiger partial charge >= 0.3 is 0 Å². The molecule has 1 aliphatic heterocycles. The van der Waals surface area contributed by atoms with Gasteiger partial charge in [-0.05, 0) is 19.8 Å². The second kappa shape index (κ2) is 7.87. The van der Waals surface area contributed by atoms with E-state index >= 15 is 0 Å². The fourth-order valence-electron chi connectivity index (χ4n) is 2.77. The summed E-state index contributed by atoms with van der Waals surface area (Å²) in [4.78, 5) is 12.8. The standard InChI is InChI=1S/C16H23N5O/c1-3-4-5-14(22)12-20-8-9-21(11-13(20)2)16-15(10-17)18-6-7-19-16/h3,6-7,13-14,22H,1,4-5,8-9,11-12H2,2H3. The highest BCUT2D eigenvalue weighted by Gasteiger charge is 2.27. The van der Waals surface area contributed by atoms with Gasteiger partial charge in [0.25, 0.3) is 0 Å². The van der Waals surface area contributed by atoms with E-state index in [0.29, 0.717) is 24.1 Å². The molecule has 0 spiro atoms. The van der Waals surface area contributed by atoms with Crippen molar-refractivity contribution in [3.05, 3.63) is 30.7 Å². The minimum absolute atomic E-state index is 0.292. The number of aliphatic hydroxyl groups excluding tert-OH is 1. The number of anilines is 1. The zero-order valence-electron chi connectivity index (χ0n) is 13.0. The first kappa shape index (κ1) is 16.4. The third-order valence-corrected chi connectivity index (χ3v) is 4.00. The van der Waals surface area contributed by atoms with Crippen LogP contribution >= 0.6 is 0 Å². The summed E-state index contributed by atoms with van der Waals surface area (Å²) in [7, 11) is 0. The Morgan fingerprint density at radius 1 is 1.50 bits per heavy atom. The Bertz CT molecular complexity index is 542. The van der Waals surface area contributed by atoms with E-state index in [2.05, 4.69) is 39.3 Å². The van der Waals surface area contributed by atoms with Gasteiger partial charge in [0, 0.05) is 44.6 Å². The van der Waals surface area contributed by atoms with Crippen LogP contribution in [-0.4, -0.2) is 58.3 Å². The molecule has 2 rings (SSSR count). The molecule has 1 fully saturated rings. The maximum atomic E-state index is 10.0. The van der Waals surface area contributed by atoms with E-state index in [1.54, 1.807) is 6.20 Å². The molecule has 1 aromatic heterocycles. The molecule has 2 atom stereocenters. The van der Waals surface area contributed by atoms with Crippen molar-refractivity contribution in [1.82, 2.24) is 14.9 Å². The first-order valence-electron chi connectivity index (χ1n) is 7.64. The molecule has 2 heterocycles. The zero-order chi connectivity index (χ0) is 15.9. The van der Waals surface area contributed by atoms with Gasteiger partial charge in [0.2, 0.25) is 0 Å². The maximum Gasteiger partial charge on any atom is 0.183 e. The number of aliphatic hydroxyl groups is 1. The fourth-order valence-corrected chi connectivity index (χ4v) is 2.77. The summed E-state index contributed by atoms with van der Waals surface area (Å²) in [5.74, 6) is 0.656. The highest BCUT2D eigenvalue weighted by Crippen LogP contribution is 2.19. The molecule has 1 N–H and O–H groups in total. The van der Waals surface area contributed by atoms with Crippen molar-refractivity contribution < 1.29 is 5.11 Å². The van der Waals surface area contributed by atoms with Crippen molar-refractivity contribution in [2.45, 2.75) is 31.9 Å². The van der Waals surface area contributed by atoms with Crippen LogP contribution in [0.25, 0.3) is 0 Å². The van der Waals surface area contributed by atoms with Crippen LogP contribution in [0, 0.1) is 11.3 Å². The number of aromatic nitrogens is 2. The van der Waals surface area contributed by atoms with E-state index in [-0.39, 0.29) is 6.10 Å². The molecule has 0 saturated carbocycles. The van der Waals surface area contributed by atoms with Crippen LogP contribution in [0.2, 0.25) is 0 Å². The van der Waals surface area contributed by atoms with Gasteiger partial charge in [0.1, 0.15) is 6.07 Å². The van der Waals surface area contributed by atoms with Crippen LogP contribution < -0.4 is 4.90 Å². The van der Waals surface area contributed by atoms with Crippen LogP contribution in [0.5, 0.6) is 0 Å². The van der Waals surface area contributed by atoms with Crippen LogP contribution in [0.15, 0.2) is 25.0 Å². The number of hydrogen-bond acceptors (Lipinski definition) is 6. The van der Waals surface area contributed by atoms with Gasteiger partial charge in [-0.1, -0.05) is 6.08 Å². The molecule has 1 aromatic rings. The molecule has 0 bridgehead atoms. The van der Waals surface area contributed by atoms with Crippen molar-refractivity contribution in [3.8, 4) is 6.07 Å². The Balaban J connectivity index is 1.95. The molecule has 6 nitrogen and oxygen atoms in total. The predicted molar refractivity (Wildman–Crippen MR) is 85.4 cm³/mol. The maximum absolute atomic E-state index is 10.0. The molecule has 0 amide bonds. The lowest BCUT2D eigenvalue weighted by Gasteiger charge is -2.41. The van der Waals surface area contributed by atoms with Crippen molar-refractivity contribution in [2.75, 3.05) is 31.1 Å². The minimum Gasteiger partial charge on any atom is -0.392 e. The number of nitrogens with zero attached hydrogens (tertiary/aromatic N) is 5. The Labute approximate surface area is 131 Å². The summed E-state index contributed by atoms with van der Waals surface area (Å²) in [6.45, 7) is 8.90. The van der Waals surface area contributed by atoms with E-state index in [0.717, 1.165) is 32.5 Å². The van der Waals surface area contributed by atoms with Crippen molar-refractivity contribution in [2.24, 2.45) is 0 Å². The monoisotopic (exact) mass is 301 g/mol. The Morgan fingerprint density at radius 3 is 2.95 bits per heavy atom. The van der Waals surface area contributed by atoms with E-state index in [4.69, 9.17) is 5.26 Å². The molecule has 0 aliphatic carbocycles. The van der Waals surface area contributed by atoms with Gasteiger partial charge in [-0.15, -0.1) is 6.58 Å². The van der Waals surface area contributed by atoms with Crippen molar-refractivity contribution in [1.29, 1.82) is 5.26 Å². The SMILES string of the molecule is C=CCCC(O)CN1CCN(c2nccnc2C#N)CC1C. The topological polar surface area (TPSA) is 76.3 Å². The zero-order valence-corrected chi connectivity index (χ0v) is 13.0. The summed E-state index contributed by atoms with van der Waals surface area (Å²) in [6.07, 6.45) is 6.25. The molecular formula is C16H23N5O. The molecule has 2 unspecified atom stereocenters. The molecule has 1 aliphatic rings. The van der Waals surface area contributed by atoms with Gasteiger partial charge < -0.3 is 10.0 Å². The quantitative estimate of drug-likeness (QED) is 0.795. The Kier molecular flexibility index (Phi) is 5.87. The third kappa shape index (κ3) is 4.03. The minimum atomic E-state index is -0.321. The number of β-amino-alcohol motifs (C(OH)–C–C–N with tert-alkyl or cyclic N) is 1. The fraction of sp³-hybridized carbons (Fsp3) is 0.562. The lowest BCUT2D eigenvalue weighted by molar-refractivity contribution is 0.0801. The lowest BCUT2D eigenvalue weighted by atomic mass is 10.1. The smallest absolute Gasteiger partial charge is 0.183 e. The normalized spacial score (nSPS) is 20.4. The van der Waals surface area contributed by atoms with Gasteiger partial charge in [0.05, 0.1) is 6.10 Å².